The highest BCUT2D eigenvalue weighted by Gasteiger charge is 2.10. The van der Waals surface area contributed by atoms with Crippen molar-refractivity contribution in [3.05, 3.63) is 64.5 Å². The van der Waals surface area contributed by atoms with Gasteiger partial charge in [0.05, 0.1) is 11.0 Å². The van der Waals surface area contributed by atoms with Crippen LogP contribution in [-0.2, 0) is 0 Å². The first-order valence-electron chi connectivity index (χ1n) is 5.30. The van der Waals surface area contributed by atoms with Crippen molar-refractivity contribution in [2.24, 2.45) is 0 Å². The highest BCUT2D eigenvalue weighted by molar-refractivity contribution is 5.36. The third kappa shape index (κ3) is 2.63. The van der Waals surface area contributed by atoms with E-state index in [-0.39, 0.29) is 16.7 Å². The van der Waals surface area contributed by atoms with Crippen molar-refractivity contribution in [3.8, 4) is 0 Å². The SMILES string of the molecule is CC(Nn1cccc1)c1cccc([N+](=O)[O-])c1. The third-order valence-electron chi connectivity index (χ3n) is 2.53. The fraction of sp³-hybridized carbons (Fsp3) is 0.167. The molecule has 2 aromatic rings. The Kier molecular flexibility index (Phi) is 3.09. The number of hydrogen-bond donors (Lipinski definition) is 1. The van der Waals surface area contributed by atoms with E-state index in [2.05, 4.69) is 5.43 Å². The van der Waals surface area contributed by atoms with Crippen LogP contribution < -0.4 is 5.43 Å². The summed E-state index contributed by atoms with van der Waals surface area (Å²) < 4.78 is 1.82. The number of aromatic nitrogens is 1. The predicted molar refractivity (Wildman–Crippen MR) is 65.3 cm³/mol. The normalized spacial score (nSPS) is 12.1. The van der Waals surface area contributed by atoms with E-state index in [1.165, 1.54) is 6.07 Å². The molecule has 0 amide bonds. The largest absolute Gasteiger partial charge is 0.319 e. The summed E-state index contributed by atoms with van der Waals surface area (Å²) in [6.45, 7) is 1.96. The molecule has 0 saturated heterocycles. The lowest BCUT2D eigenvalue weighted by atomic mass is 10.1. The second-order valence-electron chi connectivity index (χ2n) is 3.79. The van der Waals surface area contributed by atoms with E-state index in [1.54, 1.807) is 12.1 Å². The Morgan fingerprint density at radius 1 is 1.29 bits per heavy atom. The number of nitrogens with zero attached hydrogens (tertiary/aromatic N) is 2. The van der Waals surface area contributed by atoms with Crippen LogP contribution in [0, 0.1) is 10.1 Å². The van der Waals surface area contributed by atoms with E-state index in [9.17, 15) is 10.1 Å². The second kappa shape index (κ2) is 4.69. The Labute approximate surface area is 98.8 Å². The van der Waals surface area contributed by atoms with Crippen molar-refractivity contribution in [2.45, 2.75) is 13.0 Å². The Morgan fingerprint density at radius 2 is 2.00 bits per heavy atom. The van der Waals surface area contributed by atoms with Gasteiger partial charge >= 0.3 is 0 Å². The van der Waals surface area contributed by atoms with E-state index in [0.717, 1.165) is 5.56 Å². The molecule has 0 aliphatic heterocycles. The van der Waals surface area contributed by atoms with Crippen LogP contribution in [-0.4, -0.2) is 9.60 Å². The van der Waals surface area contributed by atoms with Gasteiger partial charge in [-0.15, -0.1) is 0 Å². The van der Waals surface area contributed by atoms with E-state index in [4.69, 9.17) is 0 Å². The van der Waals surface area contributed by atoms with E-state index < -0.39 is 0 Å². The molecule has 0 fully saturated rings. The Balaban J connectivity index is 2.16. The third-order valence-corrected chi connectivity index (χ3v) is 2.53. The maximum Gasteiger partial charge on any atom is 0.269 e. The molecule has 0 saturated carbocycles. The van der Waals surface area contributed by atoms with Gasteiger partial charge in [0, 0.05) is 24.5 Å². The molecular formula is C12H13N3O2. The Morgan fingerprint density at radius 3 is 2.65 bits per heavy atom. The van der Waals surface area contributed by atoms with Gasteiger partial charge in [-0.3, -0.25) is 14.8 Å². The molecule has 1 aromatic carbocycles. The number of rotatable bonds is 4. The summed E-state index contributed by atoms with van der Waals surface area (Å²) in [7, 11) is 0. The van der Waals surface area contributed by atoms with Crippen LogP contribution in [0.1, 0.15) is 18.5 Å². The molecule has 88 valence electrons. The molecule has 1 atom stereocenters. The van der Waals surface area contributed by atoms with E-state index in [1.807, 2.05) is 42.2 Å². The quantitative estimate of drug-likeness (QED) is 0.650. The topological polar surface area (TPSA) is 60.1 Å². The minimum absolute atomic E-state index is 0.00213. The average Bonchev–Trinajstić information content (AvgIpc) is 2.82. The van der Waals surface area contributed by atoms with Crippen LogP contribution in [0.25, 0.3) is 0 Å². The summed E-state index contributed by atoms with van der Waals surface area (Å²) in [4.78, 5) is 10.3. The minimum atomic E-state index is -0.383. The lowest BCUT2D eigenvalue weighted by Gasteiger charge is -2.16. The maximum atomic E-state index is 10.7. The van der Waals surface area contributed by atoms with Gasteiger partial charge in [0.15, 0.2) is 0 Å². The average molecular weight is 231 g/mol. The smallest absolute Gasteiger partial charge is 0.269 e. The first-order valence-corrected chi connectivity index (χ1v) is 5.30. The number of nitrogens with one attached hydrogen (secondary N) is 1. The van der Waals surface area contributed by atoms with Gasteiger partial charge in [0.1, 0.15) is 0 Å². The highest BCUT2D eigenvalue weighted by Crippen LogP contribution is 2.19. The van der Waals surface area contributed by atoms with Crippen LogP contribution in [0.5, 0.6) is 0 Å². The van der Waals surface area contributed by atoms with Gasteiger partial charge in [-0.25, -0.2) is 0 Å². The number of nitro groups is 1. The van der Waals surface area contributed by atoms with Crippen LogP contribution in [0.3, 0.4) is 0 Å². The molecule has 5 nitrogen and oxygen atoms in total. The standard InChI is InChI=1S/C12H13N3O2/c1-10(13-14-7-2-3-8-14)11-5-4-6-12(9-11)15(16)17/h2-10,13H,1H3. The summed E-state index contributed by atoms with van der Waals surface area (Å²) >= 11 is 0. The van der Waals surface area contributed by atoms with Crippen molar-refractivity contribution in [1.82, 2.24) is 4.68 Å². The number of nitro benzene ring substituents is 1. The van der Waals surface area contributed by atoms with Crippen molar-refractivity contribution >= 4 is 5.69 Å². The molecule has 0 aliphatic rings. The van der Waals surface area contributed by atoms with E-state index >= 15 is 0 Å². The van der Waals surface area contributed by atoms with Crippen molar-refractivity contribution in [3.63, 3.8) is 0 Å². The molecule has 1 aromatic heterocycles. The fourth-order valence-corrected chi connectivity index (χ4v) is 1.63. The molecule has 0 radical (unpaired) electrons. The van der Waals surface area contributed by atoms with Crippen LogP contribution in [0.15, 0.2) is 48.8 Å². The predicted octanol–water partition coefficient (Wildman–Crippen LogP) is 2.70. The zero-order valence-corrected chi connectivity index (χ0v) is 9.41. The zero-order chi connectivity index (χ0) is 12.3. The summed E-state index contributed by atoms with van der Waals surface area (Å²) in [5.41, 5.74) is 4.20. The molecule has 2 rings (SSSR count). The molecular weight excluding hydrogens is 218 g/mol. The fourth-order valence-electron chi connectivity index (χ4n) is 1.63. The highest BCUT2D eigenvalue weighted by atomic mass is 16.6. The second-order valence-corrected chi connectivity index (χ2v) is 3.79. The number of benzene rings is 1. The lowest BCUT2D eigenvalue weighted by Crippen LogP contribution is -2.16. The number of hydrogen-bond acceptors (Lipinski definition) is 3. The van der Waals surface area contributed by atoms with Crippen LogP contribution >= 0.6 is 0 Å². The molecule has 17 heavy (non-hydrogen) atoms. The van der Waals surface area contributed by atoms with Crippen LogP contribution in [0.2, 0.25) is 0 Å². The molecule has 1 N–H and O–H groups in total. The van der Waals surface area contributed by atoms with Gasteiger partial charge < -0.3 is 5.43 Å². The zero-order valence-electron chi connectivity index (χ0n) is 9.41. The molecule has 0 aliphatic carbocycles. The lowest BCUT2D eigenvalue weighted by molar-refractivity contribution is -0.384. The van der Waals surface area contributed by atoms with E-state index in [0.29, 0.717) is 0 Å². The van der Waals surface area contributed by atoms with Gasteiger partial charge in [-0.2, -0.15) is 0 Å². The van der Waals surface area contributed by atoms with Gasteiger partial charge in [-0.05, 0) is 24.6 Å². The van der Waals surface area contributed by atoms with Gasteiger partial charge in [-0.1, -0.05) is 12.1 Å². The van der Waals surface area contributed by atoms with Crippen molar-refractivity contribution < 1.29 is 4.92 Å². The number of non-ortho nitro benzene ring substituents is 1. The monoisotopic (exact) mass is 231 g/mol. The summed E-state index contributed by atoms with van der Waals surface area (Å²) in [6.07, 6.45) is 3.77. The van der Waals surface area contributed by atoms with Gasteiger partial charge in [0.25, 0.3) is 5.69 Å². The molecule has 0 spiro atoms. The van der Waals surface area contributed by atoms with Crippen LogP contribution in [0.4, 0.5) is 5.69 Å². The maximum absolute atomic E-state index is 10.7. The molecule has 1 unspecified atom stereocenters. The molecule has 0 bridgehead atoms. The van der Waals surface area contributed by atoms with Gasteiger partial charge in [0.2, 0.25) is 0 Å². The Hall–Kier alpha value is -2.30. The minimum Gasteiger partial charge on any atom is -0.319 e. The molecule has 5 heteroatoms. The first-order chi connectivity index (χ1) is 8.16. The van der Waals surface area contributed by atoms with Crippen molar-refractivity contribution in [2.75, 3.05) is 5.43 Å². The Bertz CT molecular complexity index is 508. The molecule has 1 heterocycles. The summed E-state index contributed by atoms with van der Waals surface area (Å²) in [6, 6.07) is 10.5. The first kappa shape index (κ1) is 11.2. The summed E-state index contributed by atoms with van der Waals surface area (Å²) in [5.74, 6) is 0. The van der Waals surface area contributed by atoms with Crippen molar-refractivity contribution in [1.29, 1.82) is 0 Å². The summed E-state index contributed by atoms with van der Waals surface area (Å²) in [5, 5.41) is 10.7.